The van der Waals surface area contributed by atoms with Crippen LogP contribution in [-0.2, 0) is 0 Å². The number of rotatable bonds is 2. The van der Waals surface area contributed by atoms with Crippen molar-refractivity contribution >= 4 is 28.9 Å². The molecule has 3 heteroatoms. The van der Waals surface area contributed by atoms with Crippen LogP contribution in [0.4, 0.5) is 5.69 Å². The first-order valence-electron chi connectivity index (χ1n) is 5.67. The maximum atomic E-state index is 5.97. The smallest absolute Gasteiger partial charge is 0.0441 e. The molecule has 0 spiro atoms. The fourth-order valence-electron chi connectivity index (χ4n) is 2.43. The number of hydrogen-bond acceptors (Lipinski definition) is 1. The van der Waals surface area contributed by atoms with Gasteiger partial charge in [-0.25, -0.2) is 0 Å². The number of anilines is 1. The van der Waals surface area contributed by atoms with E-state index >= 15 is 0 Å². The molecule has 0 radical (unpaired) electrons. The Morgan fingerprint density at radius 1 is 1.19 bits per heavy atom. The van der Waals surface area contributed by atoms with Crippen LogP contribution in [0.15, 0.2) is 18.2 Å². The quantitative estimate of drug-likeness (QED) is 0.788. The zero-order valence-electron chi connectivity index (χ0n) is 9.69. The molecular formula is C13H17Cl2N. The van der Waals surface area contributed by atoms with Gasteiger partial charge in [-0.15, -0.1) is 0 Å². The summed E-state index contributed by atoms with van der Waals surface area (Å²) < 4.78 is 0. The SMILES string of the molecule is CC1(C)CCC(Nc2cc(Cl)cc(Cl)c2)C1. The highest BCUT2D eigenvalue weighted by molar-refractivity contribution is 6.35. The first-order valence-corrected chi connectivity index (χ1v) is 6.43. The van der Waals surface area contributed by atoms with Crippen LogP contribution in [0.2, 0.25) is 10.0 Å². The lowest BCUT2D eigenvalue weighted by Crippen LogP contribution is -2.17. The molecule has 1 N–H and O–H groups in total. The molecule has 0 bridgehead atoms. The van der Waals surface area contributed by atoms with Crippen molar-refractivity contribution < 1.29 is 0 Å². The third kappa shape index (κ3) is 3.05. The molecule has 16 heavy (non-hydrogen) atoms. The molecule has 1 unspecified atom stereocenters. The van der Waals surface area contributed by atoms with E-state index in [9.17, 15) is 0 Å². The molecule has 1 aliphatic carbocycles. The number of benzene rings is 1. The standard InChI is InChI=1S/C13H17Cl2N/c1-13(2)4-3-11(8-13)16-12-6-9(14)5-10(15)7-12/h5-7,11,16H,3-4,8H2,1-2H3. The van der Waals surface area contributed by atoms with Gasteiger partial charge in [-0.2, -0.15) is 0 Å². The Bertz CT molecular complexity index is 367. The van der Waals surface area contributed by atoms with Crippen LogP contribution in [0.3, 0.4) is 0 Å². The summed E-state index contributed by atoms with van der Waals surface area (Å²) in [6.45, 7) is 4.64. The Morgan fingerprint density at radius 3 is 2.31 bits per heavy atom. The van der Waals surface area contributed by atoms with Gasteiger partial charge in [0.05, 0.1) is 0 Å². The molecule has 0 amide bonds. The Balaban J connectivity index is 2.05. The van der Waals surface area contributed by atoms with Crippen molar-refractivity contribution in [1.29, 1.82) is 0 Å². The maximum absolute atomic E-state index is 5.97. The summed E-state index contributed by atoms with van der Waals surface area (Å²) in [4.78, 5) is 0. The number of halogens is 2. The molecule has 2 rings (SSSR count). The molecule has 0 heterocycles. The van der Waals surface area contributed by atoms with Gasteiger partial charge in [-0.05, 0) is 42.9 Å². The fraction of sp³-hybridized carbons (Fsp3) is 0.538. The average Bonchev–Trinajstić information content (AvgIpc) is 2.43. The third-order valence-electron chi connectivity index (χ3n) is 3.20. The second-order valence-electron chi connectivity index (χ2n) is 5.41. The minimum absolute atomic E-state index is 0.458. The Morgan fingerprint density at radius 2 is 1.81 bits per heavy atom. The molecule has 1 aromatic rings. The molecule has 0 saturated heterocycles. The van der Waals surface area contributed by atoms with Crippen molar-refractivity contribution in [2.75, 3.05) is 5.32 Å². The van der Waals surface area contributed by atoms with E-state index in [1.165, 1.54) is 19.3 Å². The zero-order chi connectivity index (χ0) is 11.8. The van der Waals surface area contributed by atoms with Gasteiger partial charge in [0.25, 0.3) is 0 Å². The molecule has 88 valence electrons. The van der Waals surface area contributed by atoms with Gasteiger partial charge < -0.3 is 5.32 Å². The van der Waals surface area contributed by atoms with E-state index in [2.05, 4.69) is 19.2 Å². The summed E-state index contributed by atoms with van der Waals surface area (Å²) in [6, 6.07) is 6.16. The van der Waals surface area contributed by atoms with E-state index in [-0.39, 0.29) is 0 Å². The molecule has 0 aromatic heterocycles. The Hall–Kier alpha value is -0.400. The summed E-state index contributed by atoms with van der Waals surface area (Å²) in [5, 5.41) is 4.88. The van der Waals surface area contributed by atoms with Crippen molar-refractivity contribution in [2.45, 2.75) is 39.2 Å². The minimum Gasteiger partial charge on any atom is -0.382 e. The predicted octanol–water partition coefficient (Wildman–Crippen LogP) is 4.98. The van der Waals surface area contributed by atoms with E-state index < -0.39 is 0 Å². The lowest BCUT2D eigenvalue weighted by Gasteiger charge is -2.18. The highest BCUT2D eigenvalue weighted by atomic mass is 35.5. The van der Waals surface area contributed by atoms with E-state index in [1.807, 2.05) is 12.1 Å². The molecule has 1 nitrogen and oxygen atoms in total. The first kappa shape index (κ1) is 12.1. The number of nitrogens with one attached hydrogen (secondary N) is 1. The third-order valence-corrected chi connectivity index (χ3v) is 3.64. The van der Waals surface area contributed by atoms with E-state index in [4.69, 9.17) is 23.2 Å². The maximum Gasteiger partial charge on any atom is 0.0441 e. The molecule has 1 atom stereocenters. The van der Waals surface area contributed by atoms with Crippen LogP contribution in [0.5, 0.6) is 0 Å². The topological polar surface area (TPSA) is 12.0 Å². The van der Waals surface area contributed by atoms with Crippen LogP contribution in [-0.4, -0.2) is 6.04 Å². The summed E-state index contributed by atoms with van der Waals surface area (Å²) in [6.07, 6.45) is 3.70. The number of hydrogen-bond donors (Lipinski definition) is 1. The molecular weight excluding hydrogens is 241 g/mol. The molecule has 1 aliphatic rings. The van der Waals surface area contributed by atoms with Gasteiger partial charge in [0.1, 0.15) is 0 Å². The largest absolute Gasteiger partial charge is 0.382 e. The van der Waals surface area contributed by atoms with Crippen molar-refractivity contribution in [2.24, 2.45) is 5.41 Å². The van der Waals surface area contributed by atoms with Gasteiger partial charge in [-0.1, -0.05) is 37.0 Å². The Kier molecular flexibility index (Phi) is 3.37. The van der Waals surface area contributed by atoms with Gasteiger partial charge in [-0.3, -0.25) is 0 Å². The van der Waals surface area contributed by atoms with Crippen molar-refractivity contribution in [1.82, 2.24) is 0 Å². The lowest BCUT2D eigenvalue weighted by molar-refractivity contribution is 0.378. The molecule has 0 aliphatic heterocycles. The van der Waals surface area contributed by atoms with E-state index in [1.54, 1.807) is 6.07 Å². The van der Waals surface area contributed by atoms with E-state index in [0.717, 1.165) is 5.69 Å². The monoisotopic (exact) mass is 257 g/mol. The van der Waals surface area contributed by atoms with Gasteiger partial charge >= 0.3 is 0 Å². The zero-order valence-corrected chi connectivity index (χ0v) is 11.2. The summed E-state index contributed by atoms with van der Waals surface area (Å²) in [5.74, 6) is 0. The summed E-state index contributed by atoms with van der Waals surface area (Å²) >= 11 is 11.9. The van der Waals surface area contributed by atoms with Gasteiger partial charge in [0.15, 0.2) is 0 Å². The van der Waals surface area contributed by atoms with Gasteiger partial charge in [0.2, 0.25) is 0 Å². The van der Waals surface area contributed by atoms with Crippen molar-refractivity contribution in [3.8, 4) is 0 Å². The van der Waals surface area contributed by atoms with Crippen LogP contribution in [0.25, 0.3) is 0 Å². The minimum atomic E-state index is 0.458. The van der Waals surface area contributed by atoms with Crippen LogP contribution in [0.1, 0.15) is 33.1 Å². The Labute approximate surface area is 107 Å². The average molecular weight is 258 g/mol. The summed E-state index contributed by atoms with van der Waals surface area (Å²) in [7, 11) is 0. The lowest BCUT2D eigenvalue weighted by atomic mass is 9.92. The highest BCUT2D eigenvalue weighted by Gasteiger charge is 2.30. The second kappa shape index (κ2) is 4.46. The van der Waals surface area contributed by atoms with E-state index in [0.29, 0.717) is 21.5 Å². The van der Waals surface area contributed by atoms with Crippen molar-refractivity contribution in [3.05, 3.63) is 28.2 Å². The first-order chi connectivity index (χ1) is 7.44. The van der Waals surface area contributed by atoms with Crippen LogP contribution >= 0.6 is 23.2 Å². The van der Waals surface area contributed by atoms with Crippen LogP contribution < -0.4 is 5.32 Å². The molecule has 1 saturated carbocycles. The predicted molar refractivity (Wildman–Crippen MR) is 71.5 cm³/mol. The molecule has 1 fully saturated rings. The normalized spacial score (nSPS) is 23.4. The second-order valence-corrected chi connectivity index (χ2v) is 6.28. The highest BCUT2D eigenvalue weighted by Crippen LogP contribution is 2.38. The van der Waals surface area contributed by atoms with Gasteiger partial charge in [0, 0.05) is 21.8 Å². The molecule has 1 aromatic carbocycles. The fourth-order valence-corrected chi connectivity index (χ4v) is 2.96. The summed E-state index contributed by atoms with van der Waals surface area (Å²) in [5.41, 5.74) is 1.49. The van der Waals surface area contributed by atoms with Crippen LogP contribution in [0, 0.1) is 5.41 Å². The van der Waals surface area contributed by atoms with Crippen molar-refractivity contribution in [3.63, 3.8) is 0 Å².